The van der Waals surface area contributed by atoms with Gasteiger partial charge in [0, 0.05) is 18.7 Å². The largest absolute Gasteiger partial charge is 0.452 e. The van der Waals surface area contributed by atoms with Crippen LogP contribution < -0.4 is 10.0 Å². The summed E-state index contributed by atoms with van der Waals surface area (Å²) in [4.78, 5) is 0.125. The van der Waals surface area contributed by atoms with Gasteiger partial charge in [0.15, 0.2) is 4.67 Å². The summed E-state index contributed by atoms with van der Waals surface area (Å²) in [5, 5.41) is 3.09. The van der Waals surface area contributed by atoms with Crippen LogP contribution in [0.15, 0.2) is 20.0 Å². The number of ether oxygens (including phenoxy) is 1. The fourth-order valence-electron chi connectivity index (χ4n) is 2.30. The van der Waals surface area contributed by atoms with Crippen molar-refractivity contribution in [3.63, 3.8) is 0 Å². The molecule has 2 N–H and O–H groups in total. The summed E-state index contributed by atoms with van der Waals surface area (Å²) in [6.07, 6.45) is 1.78. The third kappa shape index (κ3) is 4.29. The van der Waals surface area contributed by atoms with Crippen LogP contribution in [0.1, 0.15) is 32.4 Å². The van der Waals surface area contributed by atoms with E-state index in [1.807, 2.05) is 13.8 Å². The zero-order valence-corrected chi connectivity index (χ0v) is 14.6. The van der Waals surface area contributed by atoms with Crippen molar-refractivity contribution >= 4 is 26.0 Å². The Bertz CT molecular complexity index is 567. The first-order chi connectivity index (χ1) is 9.94. The van der Waals surface area contributed by atoms with Crippen LogP contribution in [0, 0.1) is 0 Å². The second-order valence-corrected chi connectivity index (χ2v) is 7.50. The Morgan fingerprint density at radius 1 is 1.52 bits per heavy atom. The molecule has 1 aliphatic rings. The molecule has 21 heavy (non-hydrogen) atoms. The number of furan rings is 1. The molecule has 1 aromatic heterocycles. The molecule has 1 aromatic rings. The Hall–Kier alpha value is -0.410. The monoisotopic (exact) mass is 380 g/mol. The zero-order valence-electron chi connectivity index (χ0n) is 12.2. The summed E-state index contributed by atoms with van der Waals surface area (Å²) >= 11 is 3.17. The van der Waals surface area contributed by atoms with E-state index in [2.05, 4.69) is 26.0 Å². The van der Waals surface area contributed by atoms with Gasteiger partial charge in [-0.1, -0.05) is 6.92 Å². The average Bonchev–Trinajstić information content (AvgIpc) is 3.05. The lowest BCUT2D eigenvalue weighted by Crippen LogP contribution is -2.40. The lowest BCUT2D eigenvalue weighted by molar-refractivity contribution is 0.0902. The van der Waals surface area contributed by atoms with Gasteiger partial charge in [-0.25, -0.2) is 13.1 Å². The molecule has 8 heteroatoms. The van der Waals surface area contributed by atoms with Crippen molar-refractivity contribution in [2.24, 2.45) is 0 Å². The van der Waals surface area contributed by atoms with Gasteiger partial charge in [-0.05, 0) is 42.2 Å². The molecule has 1 aliphatic heterocycles. The standard InChI is InChI=1S/C13H21BrN2O4S/c1-3-15-8-10-7-12(13(14)20-10)21(17,18)16-9(2)11-5-4-6-19-11/h7,9,11,15-16H,3-6,8H2,1-2H3. The maximum absolute atomic E-state index is 12.4. The molecule has 1 fully saturated rings. The van der Waals surface area contributed by atoms with E-state index in [0.717, 1.165) is 19.4 Å². The van der Waals surface area contributed by atoms with Crippen molar-refractivity contribution in [1.29, 1.82) is 0 Å². The lowest BCUT2D eigenvalue weighted by atomic mass is 10.1. The molecule has 2 unspecified atom stereocenters. The fourth-order valence-corrected chi connectivity index (χ4v) is 4.57. The highest BCUT2D eigenvalue weighted by Gasteiger charge is 2.29. The van der Waals surface area contributed by atoms with Gasteiger partial charge < -0.3 is 14.5 Å². The first-order valence-electron chi connectivity index (χ1n) is 7.07. The second kappa shape index (κ2) is 7.23. The highest BCUT2D eigenvalue weighted by molar-refractivity contribution is 9.10. The Morgan fingerprint density at radius 3 is 2.90 bits per heavy atom. The summed E-state index contributed by atoms with van der Waals surface area (Å²) in [6.45, 7) is 5.77. The van der Waals surface area contributed by atoms with Crippen molar-refractivity contribution in [3.05, 3.63) is 16.5 Å². The van der Waals surface area contributed by atoms with Crippen molar-refractivity contribution in [2.75, 3.05) is 13.2 Å². The molecule has 120 valence electrons. The summed E-state index contributed by atoms with van der Waals surface area (Å²) in [6, 6.07) is 1.27. The average molecular weight is 381 g/mol. The number of nitrogens with one attached hydrogen (secondary N) is 2. The van der Waals surface area contributed by atoms with Crippen LogP contribution in [0.4, 0.5) is 0 Å². The lowest BCUT2D eigenvalue weighted by Gasteiger charge is -2.19. The maximum atomic E-state index is 12.4. The molecule has 0 amide bonds. The molecule has 0 spiro atoms. The van der Waals surface area contributed by atoms with Crippen LogP contribution in [0.5, 0.6) is 0 Å². The normalized spacial score (nSPS) is 20.8. The minimum absolute atomic E-state index is 0.0633. The summed E-state index contributed by atoms with van der Waals surface area (Å²) in [5.41, 5.74) is 0. The minimum Gasteiger partial charge on any atom is -0.452 e. The summed E-state index contributed by atoms with van der Waals surface area (Å²) in [5.74, 6) is 0.578. The van der Waals surface area contributed by atoms with E-state index < -0.39 is 10.0 Å². The van der Waals surface area contributed by atoms with E-state index in [1.165, 1.54) is 6.07 Å². The van der Waals surface area contributed by atoms with Gasteiger partial charge >= 0.3 is 0 Å². The van der Waals surface area contributed by atoms with Crippen LogP contribution in [0.2, 0.25) is 0 Å². The molecule has 0 aromatic carbocycles. The summed E-state index contributed by atoms with van der Waals surface area (Å²) < 4.78 is 38.7. The first-order valence-corrected chi connectivity index (χ1v) is 9.34. The molecule has 1 saturated heterocycles. The Labute approximate surface area is 133 Å². The van der Waals surface area contributed by atoms with Gasteiger partial charge in [0.1, 0.15) is 10.7 Å². The minimum atomic E-state index is -3.63. The zero-order chi connectivity index (χ0) is 15.5. The molecular weight excluding hydrogens is 360 g/mol. The fraction of sp³-hybridized carbons (Fsp3) is 0.692. The SMILES string of the molecule is CCNCc1cc(S(=O)(=O)NC(C)C2CCCO2)c(Br)o1. The Morgan fingerprint density at radius 2 is 2.29 bits per heavy atom. The molecule has 2 rings (SSSR count). The van der Waals surface area contributed by atoms with Gasteiger partial charge in [-0.15, -0.1) is 0 Å². The highest BCUT2D eigenvalue weighted by Crippen LogP contribution is 2.27. The van der Waals surface area contributed by atoms with E-state index >= 15 is 0 Å². The molecule has 0 aliphatic carbocycles. The number of sulfonamides is 1. The van der Waals surface area contributed by atoms with Crippen LogP contribution in [-0.4, -0.2) is 33.7 Å². The van der Waals surface area contributed by atoms with Gasteiger partial charge in [0.05, 0.1) is 12.6 Å². The molecule has 2 heterocycles. The third-order valence-corrected chi connectivity index (χ3v) is 5.82. The van der Waals surface area contributed by atoms with Crippen molar-refractivity contribution in [2.45, 2.75) is 50.3 Å². The van der Waals surface area contributed by atoms with Crippen molar-refractivity contribution in [3.8, 4) is 0 Å². The van der Waals surface area contributed by atoms with Gasteiger partial charge in [-0.2, -0.15) is 0 Å². The number of hydrogen-bond donors (Lipinski definition) is 2. The van der Waals surface area contributed by atoms with Gasteiger partial charge in [-0.3, -0.25) is 0 Å². The predicted octanol–water partition coefficient (Wildman–Crippen LogP) is 2.00. The molecule has 0 saturated carbocycles. The van der Waals surface area contributed by atoms with Gasteiger partial charge in [0.2, 0.25) is 10.0 Å². The maximum Gasteiger partial charge on any atom is 0.245 e. The molecule has 0 bridgehead atoms. The topological polar surface area (TPSA) is 80.6 Å². The van der Waals surface area contributed by atoms with Crippen molar-refractivity contribution in [1.82, 2.24) is 10.0 Å². The first kappa shape index (κ1) is 17.0. The van der Waals surface area contributed by atoms with Crippen LogP contribution in [-0.2, 0) is 21.3 Å². The highest BCUT2D eigenvalue weighted by atomic mass is 79.9. The number of halogens is 1. The second-order valence-electron chi connectivity index (χ2n) is 5.09. The predicted molar refractivity (Wildman–Crippen MR) is 82.5 cm³/mol. The van der Waals surface area contributed by atoms with E-state index in [1.54, 1.807) is 0 Å². The molecule has 6 nitrogen and oxygen atoms in total. The van der Waals surface area contributed by atoms with Gasteiger partial charge in [0.25, 0.3) is 0 Å². The van der Waals surface area contributed by atoms with E-state index in [-0.39, 0.29) is 21.7 Å². The van der Waals surface area contributed by atoms with E-state index in [4.69, 9.17) is 9.15 Å². The van der Waals surface area contributed by atoms with Crippen LogP contribution >= 0.6 is 15.9 Å². The third-order valence-electron chi connectivity index (χ3n) is 3.41. The Balaban J connectivity index is 2.09. The molecule has 2 atom stereocenters. The molecule has 0 radical (unpaired) electrons. The number of hydrogen-bond acceptors (Lipinski definition) is 5. The van der Waals surface area contributed by atoms with Crippen LogP contribution in [0.3, 0.4) is 0 Å². The molecular formula is C13H21BrN2O4S. The van der Waals surface area contributed by atoms with Crippen molar-refractivity contribution < 1.29 is 17.6 Å². The smallest absolute Gasteiger partial charge is 0.245 e. The van der Waals surface area contributed by atoms with Crippen LogP contribution in [0.25, 0.3) is 0 Å². The Kier molecular flexibility index (Phi) is 5.84. The quantitative estimate of drug-likeness (QED) is 0.755. The number of rotatable bonds is 7. The summed E-state index contributed by atoms with van der Waals surface area (Å²) in [7, 11) is -3.63. The van der Waals surface area contributed by atoms with E-state index in [0.29, 0.717) is 18.9 Å². The van der Waals surface area contributed by atoms with E-state index in [9.17, 15) is 8.42 Å².